The molecule has 0 bridgehead atoms. The molecule has 0 unspecified atom stereocenters. The second-order valence-corrected chi connectivity index (χ2v) is 4.82. The van der Waals surface area contributed by atoms with Crippen molar-refractivity contribution in [1.82, 2.24) is 0 Å². The van der Waals surface area contributed by atoms with Crippen molar-refractivity contribution >= 4 is 12.6 Å². The molecule has 1 fully saturated rings. The molecule has 1 aromatic rings. The van der Waals surface area contributed by atoms with E-state index in [-0.39, 0.29) is 25.7 Å². The van der Waals surface area contributed by atoms with Crippen LogP contribution in [0.4, 0.5) is 0 Å². The molecule has 0 aromatic heterocycles. The third kappa shape index (κ3) is 2.87. The van der Waals surface area contributed by atoms with Gasteiger partial charge < -0.3 is 19.5 Å². The zero-order valence-electron chi connectivity index (χ0n) is 9.93. The van der Waals surface area contributed by atoms with Crippen molar-refractivity contribution in [3.63, 3.8) is 0 Å². The normalized spacial score (nSPS) is 19.4. The molecule has 0 spiro atoms. The van der Waals surface area contributed by atoms with Crippen LogP contribution in [0.15, 0.2) is 24.3 Å². The molecule has 2 rings (SSSR count). The molecule has 92 valence electrons. The molecule has 1 saturated heterocycles. The summed E-state index contributed by atoms with van der Waals surface area (Å²) in [6, 6.07) is 7.47. The number of aliphatic hydroxyl groups is 2. The first-order chi connectivity index (χ1) is 8.17. The quantitative estimate of drug-likeness (QED) is 0.720. The van der Waals surface area contributed by atoms with Gasteiger partial charge in [0.1, 0.15) is 0 Å². The fourth-order valence-electron chi connectivity index (χ4n) is 1.71. The van der Waals surface area contributed by atoms with Crippen molar-refractivity contribution in [3.8, 4) is 0 Å². The second-order valence-electron chi connectivity index (χ2n) is 4.82. The smallest absolute Gasteiger partial charge is 0.407 e. The Morgan fingerprint density at radius 2 is 1.76 bits per heavy atom. The van der Waals surface area contributed by atoms with Gasteiger partial charge in [-0.05, 0) is 11.0 Å². The zero-order chi connectivity index (χ0) is 12.3. The monoisotopic (exact) mass is 236 g/mol. The van der Waals surface area contributed by atoms with Crippen LogP contribution >= 0.6 is 0 Å². The lowest BCUT2D eigenvalue weighted by Crippen LogP contribution is -2.49. The number of aliphatic hydroxyl groups excluding tert-OH is 2. The van der Waals surface area contributed by atoms with E-state index in [0.29, 0.717) is 13.2 Å². The predicted octanol–water partition coefficient (Wildman–Crippen LogP) is -0.0805. The van der Waals surface area contributed by atoms with Gasteiger partial charge in [-0.15, -0.1) is 0 Å². The first-order valence-electron chi connectivity index (χ1n) is 5.71. The van der Waals surface area contributed by atoms with Crippen molar-refractivity contribution in [3.05, 3.63) is 29.8 Å². The lowest BCUT2D eigenvalue weighted by molar-refractivity contribution is -0.0145. The van der Waals surface area contributed by atoms with E-state index in [9.17, 15) is 5.11 Å². The van der Waals surface area contributed by atoms with E-state index in [1.54, 1.807) is 0 Å². The van der Waals surface area contributed by atoms with Crippen molar-refractivity contribution in [2.24, 2.45) is 5.41 Å². The van der Waals surface area contributed by atoms with Gasteiger partial charge in [0.15, 0.2) is 0 Å². The highest BCUT2D eigenvalue weighted by molar-refractivity contribution is 6.61. The number of hydrogen-bond donors (Lipinski definition) is 2. The van der Waals surface area contributed by atoms with Crippen LogP contribution < -0.4 is 5.46 Å². The third-order valence-corrected chi connectivity index (χ3v) is 2.98. The molecule has 0 amide bonds. The van der Waals surface area contributed by atoms with Crippen LogP contribution in [0.25, 0.3) is 0 Å². The average Bonchev–Trinajstić information content (AvgIpc) is 2.40. The Morgan fingerprint density at radius 3 is 2.24 bits per heavy atom. The Morgan fingerprint density at radius 1 is 1.18 bits per heavy atom. The summed E-state index contributed by atoms with van der Waals surface area (Å²) in [4.78, 5) is 0. The highest BCUT2D eigenvalue weighted by Gasteiger charge is 2.35. The van der Waals surface area contributed by atoms with Crippen molar-refractivity contribution < 1.29 is 19.5 Å². The molecule has 4 nitrogen and oxygen atoms in total. The van der Waals surface area contributed by atoms with Crippen LogP contribution in [0.2, 0.25) is 0 Å². The number of rotatable bonds is 3. The summed E-state index contributed by atoms with van der Waals surface area (Å²) in [7, 11) is -0.373. The largest absolute Gasteiger partial charge is 0.493 e. The summed E-state index contributed by atoms with van der Waals surface area (Å²) < 4.78 is 11.2. The molecule has 0 atom stereocenters. The van der Waals surface area contributed by atoms with Gasteiger partial charge in [-0.1, -0.05) is 31.2 Å². The van der Waals surface area contributed by atoms with Crippen LogP contribution in [-0.2, 0) is 15.9 Å². The minimum absolute atomic E-state index is 0.0369. The first-order valence-corrected chi connectivity index (χ1v) is 5.71. The second kappa shape index (κ2) is 5.18. The highest BCUT2D eigenvalue weighted by atomic mass is 16.6. The predicted molar refractivity (Wildman–Crippen MR) is 64.8 cm³/mol. The summed E-state index contributed by atoms with van der Waals surface area (Å²) in [5.74, 6) is 0. The molecule has 1 aromatic carbocycles. The van der Waals surface area contributed by atoms with Crippen LogP contribution in [-0.4, -0.2) is 37.2 Å². The maximum Gasteiger partial charge on any atom is 0.493 e. The Bertz CT molecular complexity index is 357. The summed E-state index contributed by atoms with van der Waals surface area (Å²) in [5, 5.41) is 18.1. The van der Waals surface area contributed by atoms with E-state index < -0.39 is 0 Å². The lowest BCUT2D eigenvalue weighted by atomic mass is 9.75. The SMILES string of the molecule is CC1(CO)COB(c2ccc(CO)cc2)OC1. The van der Waals surface area contributed by atoms with Crippen molar-refractivity contribution in [2.75, 3.05) is 19.8 Å². The maximum absolute atomic E-state index is 9.19. The standard InChI is InChI=1S/C12H17BO4/c1-12(7-15)8-16-13(17-9-12)11-4-2-10(6-14)3-5-11/h2-5,14-15H,6-9H2,1H3. The Balaban J connectivity index is 2.00. The van der Waals surface area contributed by atoms with E-state index in [1.165, 1.54) is 0 Å². The van der Waals surface area contributed by atoms with Crippen molar-refractivity contribution in [2.45, 2.75) is 13.5 Å². The van der Waals surface area contributed by atoms with Gasteiger partial charge in [0, 0.05) is 18.6 Å². The molecule has 1 heterocycles. The van der Waals surface area contributed by atoms with E-state index in [4.69, 9.17) is 14.4 Å². The van der Waals surface area contributed by atoms with E-state index in [1.807, 2.05) is 31.2 Å². The molecule has 0 saturated carbocycles. The average molecular weight is 236 g/mol. The number of hydrogen-bond acceptors (Lipinski definition) is 4. The lowest BCUT2D eigenvalue weighted by Gasteiger charge is -2.34. The van der Waals surface area contributed by atoms with E-state index in [2.05, 4.69) is 0 Å². The molecule has 2 N–H and O–H groups in total. The Kier molecular flexibility index (Phi) is 3.84. The molecule has 0 radical (unpaired) electrons. The molecular weight excluding hydrogens is 219 g/mol. The van der Waals surface area contributed by atoms with Crippen LogP contribution in [0, 0.1) is 5.41 Å². The maximum atomic E-state index is 9.19. The number of benzene rings is 1. The summed E-state index contributed by atoms with van der Waals surface area (Å²) >= 11 is 0. The third-order valence-electron chi connectivity index (χ3n) is 2.98. The minimum Gasteiger partial charge on any atom is -0.407 e. The molecular formula is C12H17BO4. The van der Waals surface area contributed by atoms with Gasteiger partial charge >= 0.3 is 7.12 Å². The van der Waals surface area contributed by atoms with Gasteiger partial charge in [-0.3, -0.25) is 0 Å². The molecule has 17 heavy (non-hydrogen) atoms. The summed E-state index contributed by atoms with van der Waals surface area (Å²) in [5.41, 5.74) is 1.49. The topological polar surface area (TPSA) is 58.9 Å². The summed E-state index contributed by atoms with van der Waals surface area (Å²) in [6.07, 6.45) is 0. The van der Waals surface area contributed by atoms with Gasteiger partial charge in [-0.2, -0.15) is 0 Å². The minimum atomic E-state index is -0.373. The van der Waals surface area contributed by atoms with Gasteiger partial charge in [-0.25, -0.2) is 0 Å². The van der Waals surface area contributed by atoms with Crippen LogP contribution in [0.5, 0.6) is 0 Å². The Hall–Kier alpha value is -0.875. The van der Waals surface area contributed by atoms with Gasteiger partial charge in [0.25, 0.3) is 0 Å². The van der Waals surface area contributed by atoms with E-state index >= 15 is 0 Å². The van der Waals surface area contributed by atoms with Crippen LogP contribution in [0.3, 0.4) is 0 Å². The molecule has 1 aliphatic heterocycles. The first kappa shape index (κ1) is 12.6. The fourth-order valence-corrected chi connectivity index (χ4v) is 1.71. The molecule has 1 aliphatic rings. The highest BCUT2D eigenvalue weighted by Crippen LogP contribution is 2.21. The fraction of sp³-hybridized carbons (Fsp3) is 0.500. The zero-order valence-corrected chi connectivity index (χ0v) is 9.93. The van der Waals surface area contributed by atoms with Crippen LogP contribution in [0.1, 0.15) is 12.5 Å². The van der Waals surface area contributed by atoms with E-state index in [0.717, 1.165) is 11.0 Å². The molecule has 0 aliphatic carbocycles. The van der Waals surface area contributed by atoms with Gasteiger partial charge in [0.05, 0.1) is 13.2 Å². The van der Waals surface area contributed by atoms with Crippen molar-refractivity contribution in [1.29, 1.82) is 0 Å². The molecule has 5 heteroatoms. The summed E-state index contributed by atoms with van der Waals surface area (Å²) in [6.45, 7) is 2.99. The Labute approximate surface area is 101 Å². The van der Waals surface area contributed by atoms with Gasteiger partial charge in [0.2, 0.25) is 0 Å².